The molecule has 0 aliphatic heterocycles. The SMILES string of the molecule is CC[C@@H](C(=O)NC(C)(C)C)N(CCc1ccccc1)C(=O)CCCOc1ccccc1. The maximum atomic E-state index is 13.1. The number of carbonyl (C=O) groups excluding carboxylic acids is 2. The van der Waals surface area contributed by atoms with Gasteiger partial charge in [-0.05, 0) is 57.7 Å². The Labute approximate surface area is 186 Å². The molecule has 0 aliphatic carbocycles. The molecule has 168 valence electrons. The molecule has 2 rings (SSSR count). The van der Waals surface area contributed by atoms with Crippen molar-refractivity contribution in [1.82, 2.24) is 10.2 Å². The van der Waals surface area contributed by atoms with Crippen molar-refractivity contribution in [2.24, 2.45) is 0 Å². The van der Waals surface area contributed by atoms with Crippen LogP contribution in [-0.4, -0.2) is 41.4 Å². The van der Waals surface area contributed by atoms with E-state index in [9.17, 15) is 9.59 Å². The first-order valence-corrected chi connectivity index (χ1v) is 11.1. The van der Waals surface area contributed by atoms with E-state index in [1.165, 1.54) is 0 Å². The third-order valence-electron chi connectivity index (χ3n) is 4.92. The molecule has 0 unspecified atom stereocenters. The van der Waals surface area contributed by atoms with E-state index in [2.05, 4.69) is 5.32 Å². The van der Waals surface area contributed by atoms with Gasteiger partial charge in [-0.25, -0.2) is 0 Å². The molecule has 0 bridgehead atoms. The minimum absolute atomic E-state index is 0.0106. The Morgan fingerprint density at radius 2 is 1.61 bits per heavy atom. The third kappa shape index (κ3) is 8.83. The molecule has 5 nitrogen and oxygen atoms in total. The summed E-state index contributed by atoms with van der Waals surface area (Å²) >= 11 is 0. The van der Waals surface area contributed by atoms with Crippen LogP contribution in [0.3, 0.4) is 0 Å². The number of para-hydroxylation sites is 1. The van der Waals surface area contributed by atoms with Crippen LogP contribution in [0, 0.1) is 0 Å². The molecule has 1 N–H and O–H groups in total. The second-order valence-electron chi connectivity index (χ2n) is 8.75. The Hall–Kier alpha value is -2.82. The Bertz CT molecular complexity index is 800. The molecular weight excluding hydrogens is 388 g/mol. The molecule has 1 atom stereocenters. The molecule has 0 heterocycles. The van der Waals surface area contributed by atoms with Crippen LogP contribution in [-0.2, 0) is 16.0 Å². The molecular formula is C26H36N2O3. The van der Waals surface area contributed by atoms with E-state index in [1.54, 1.807) is 4.90 Å². The highest BCUT2D eigenvalue weighted by molar-refractivity contribution is 5.88. The van der Waals surface area contributed by atoms with Gasteiger partial charge in [0.2, 0.25) is 11.8 Å². The normalized spacial score (nSPS) is 12.1. The van der Waals surface area contributed by atoms with Gasteiger partial charge < -0.3 is 15.0 Å². The molecule has 0 spiro atoms. The van der Waals surface area contributed by atoms with E-state index in [0.717, 1.165) is 11.3 Å². The molecule has 2 amide bonds. The quantitative estimate of drug-likeness (QED) is 0.536. The minimum atomic E-state index is -0.481. The van der Waals surface area contributed by atoms with Crippen molar-refractivity contribution in [2.45, 2.75) is 65.0 Å². The number of ether oxygens (including phenoxy) is 1. The van der Waals surface area contributed by atoms with Crippen LogP contribution < -0.4 is 10.1 Å². The maximum Gasteiger partial charge on any atom is 0.243 e. The standard InChI is InChI=1S/C26H36N2O3/c1-5-23(25(30)27-26(2,3)4)28(19-18-21-13-8-6-9-14-21)24(29)17-12-20-31-22-15-10-7-11-16-22/h6-11,13-16,23H,5,12,17-20H2,1-4H3,(H,27,30)/t23-/m0/s1. The van der Waals surface area contributed by atoms with Gasteiger partial charge in [0.15, 0.2) is 0 Å². The van der Waals surface area contributed by atoms with Gasteiger partial charge in [-0.3, -0.25) is 9.59 Å². The zero-order valence-corrected chi connectivity index (χ0v) is 19.3. The molecule has 0 saturated heterocycles. The largest absolute Gasteiger partial charge is 0.494 e. The van der Waals surface area contributed by atoms with E-state index >= 15 is 0 Å². The molecule has 0 fully saturated rings. The number of nitrogens with zero attached hydrogens (tertiary/aromatic N) is 1. The molecule has 2 aromatic rings. The van der Waals surface area contributed by atoms with Gasteiger partial charge in [0.05, 0.1) is 6.61 Å². The van der Waals surface area contributed by atoms with E-state index in [0.29, 0.717) is 38.8 Å². The lowest BCUT2D eigenvalue weighted by Gasteiger charge is -2.33. The number of amides is 2. The van der Waals surface area contributed by atoms with Gasteiger partial charge >= 0.3 is 0 Å². The Morgan fingerprint density at radius 3 is 2.19 bits per heavy atom. The fraction of sp³-hybridized carbons (Fsp3) is 0.462. The second kappa shape index (κ2) is 12.1. The zero-order chi connectivity index (χ0) is 22.7. The summed E-state index contributed by atoms with van der Waals surface area (Å²) < 4.78 is 5.72. The highest BCUT2D eigenvalue weighted by Gasteiger charge is 2.30. The first-order valence-electron chi connectivity index (χ1n) is 11.1. The van der Waals surface area contributed by atoms with Crippen molar-refractivity contribution in [3.05, 3.63) is 66.2 Å². The summed E-state index contributed by atoms with van der Waals surface area (Å²) in [5.74, 6) is 0.687. The summed E-state index contributed by atoms with van der Waals surface area (Å²) in [5, 5.41) is 3.03. The summed E-state index contributed by atoms with van der Waals surface area (Å²) in [6, 6.07) is 19.2. The topological polar surface area (TPSA) is 58.6 Å². The molecule has 0 aliphatic rings. The number of hydrogen-bond donors (Lipinski definition) is 1. The highest BCUT2D eigenvalue weighted by Crippen LogP contribution is 2.14. The van der Waals surface area contributed by atoms with Gasteiger partial charge in [0, 0.05) is 18.5 Å². The van der Waals surface area contributed by atoms with Gasteiger partial charge in [-0.1, -0.05) is 55.5 Å². The van der Waals surface area contributed by atoms with Crippen LogP contribution in [0.25, 0.3) is 0 Å². The molecule has 2 aromatic carbocycles. The molecule has 0 aromatic heterocycles. The van der Waals surface area contributed by atoms with Crippen LogP contribution in [0.2, 0.25) is 0 Å². The van der Waals surface area contributed by atoms with Crippen LogP contribution in [0.15, 0.2) is 60.7 Å². The number of nitrogens with one attached hydrogen (secondary N) is 1. The second-order valence-corrected chi connectivity index (χ2v) is 8.75. The summed E-state index contributed by atoms with van der Waals surface area (Å²) in [6.45, 7) is 8.79. The lowest BCUT2D eigenvalue weighted by atomic mass is 10.0. The highest BCUT2D eigenvalue weighted by atomic mass is 16.5. The Kier molecular flexibility index (Phi) is 9.57. The number of benzene rings is 2. The van der Waals surface area contributed by atoms with Gasteiger partial charge in [-0.2, -0.15) is 0 Å². The van der Waals surface area contributed by atoms with Crippen molar-refractivity contribution in [2.75, 3.05) is 13.2 Å². The fourth-order valence-corrected chi connectivity index (χ4v) is 3.42. The average Bonchev–Trinajstić information content (AvgIpc) is 2.74. The lowest BCUT2D eigenvalue weighted by Crippen LogP contribution is -2.54. The zero-order valence-electron chi connectivity index (χ0n) is 19.3. The van der Waals surface area contributed by atoms with Gasteiger partial charge in [0.25, 0.3) is 0 Å². The van der Waals surface area contributed by atoms with Crippen molar-refractivity contribution in [3.8, 4) is 5.75 Å². The Balaban J connectivity index is 2.01. The summed E-state index contributed by atoms with van der Waals surface area (Å²) in [6.07, 6.45) is 2.24. The van der Waals surface area contributed by atoms with Crippen molar-refractivity contribution < 1.29 is 14.3 Å². The molecule has 0 saturated carbocycles. The van der Waals surface area contributed by atoms with E-state index in [1.807, 2.05) is 88.4 Å². The van der Waals surface area contributed by atoms with Crippen LogP contribution >= 0.6 is 0 Å². The van der Waals surface area contributed by atoms with Crippen molar-refractivity contribution in [3.63, 3.8) is 0 Å². The van der Waals surface area contributed by atoms with Crippen molar-refractivity contribution >= 4 is 11.8 Å². The first-order chi connectivity index (χ1) is 14.8. The minimum Gasteiger partial charge on any atom is -0.494 e. The molecule has 5 heteroatoms. The van der Waals surface area contributed by atoms with E-state index in [-0.39, 0.29) is 17.4 Å². The predicted octanol–water partition coefficient (Wildman–Crippen LogP) is 4.61. The third-order valence-corrected chi connectivity index (χ3v) is 4.92. The molecule has 31 heavy (non-hydrogen) atoms. The molecule has 0 radical (unpaired) electrons. The van der Waals surface area contributed by atoms with Crippen LogP contribution in [0.4, 0.5) is 0 Å². The van der Waals surface area contributed by atoms with E-state index < -0.39 is 6.04 Å². The number of carbonyl (C=O) groups is 2. The van der Waals surface area contributed by atoms with Gasteiger partial charge in [0.1, 0.15) is 11.8 Å². The number of hydrogen-bond acceptors (Lipinski definition) is 3. The predicted molar refractivity (Wildman–Crippen MR) is 125 cm³/mol. The van der Waals surface area contributed by atoms with Crippen LogP contribution in [0.5, 0.6) is 5.75 Å². The number of rotatable bonds is 11. The lowest BCUT2D eigenvalue weighted by molar-refractivity contribution is -0.141. The monoisotopic (exact) mass is 424 g/mol. The maximum absolute atomic E-state index is 13.1. The summed E-state index contributed by atoms with van der Waals surface area (Å²) in [4.78, 5) is 27.8. The smallest absolute Gasteiger partial charge is 0.243 e. The average molecular weight is 425 g/mol. The van der Waals surface area contributed by atoms with Gasteiger partial charge in [-0.15, -0.1) is 0 Å². The Morgan fingerprint density at radius 1 is 1.00 bits per heavy atom. The summed E-state index contributed by atoms with van der Waals surface area (Å²) in [7, 11) is 0. The van der Waals surface area contributed by atoms with E-state index in [4.69, 9.17) is 4.74 Å². The van der Waals surface area contributed by atoms with Crippen LogP contribution in [0.1, 0.15) is 52.5 Å². The fourth-order valence-electron chi connectivity index (χ4n) is 3.42. The van der Waals surface area contributed by atoms with Crippen molar-refractivity contribution in [1.29, 1.82) is 0 Å². The summed E-state index contributed by atoms with van der Waals surface area (Å²) in [5.41, 5.74) is 0.807. The first kappa shape index (κ1) is 24.4.